The lowest BCUT2D eigenvalue weighted by Crippen LogP contribution is -2.27. The first-order valence-electron chi connectivity index (χ1n) is 9.23. The monoisotopic (exact) mass is 387 g/mol. The molecule has 2 unspecified atom stereocenters. The number of halogens is 1. The largest absolute Gasteiger partial charge is 0.368 e. The van der Waals surface area contributed by atoms with Crippen molar-refractivity contribution in [3.8, 4) is 11.3 Å². The van der Waals surface area contributed by atoms with Gasteiger partial charge in [-0.05, 0) is 43.0 Å². The van der Waals surface area contributed by atoms with Crippen LogP contribution in [0.2, 0.25) is 0 Å². The van der Waals surface area contributed by atoms with Crippen molar-refractivity contribution >= 4 is 28.0 Å². The maximum Gasteiger partial charge on any atom is 0.251 e. The van der Waals surface area contributed by atoms with Gasteiger partial charge < -0.3 is 10.1 Å². The van der Waals surface area contributed by atoms with Crippen LogP contribution in [0.4, 0.5) is 10.2 Å². The lowest BCUT2D eigenvalue weighted by molar-refractivity contribution is -0.123. The van der Waals surface area contributed by atoms with Gasteiger partial charge in [-0.2, -0.15) is 0 Å². The summed E-state index contributed by atoms with van der Waals surface area (Å²) in [6.45, 7) is 2.25. The molecule has 7 heteroatoms. The normalized spacial score (nSPS) is 20.1. The molecule has 1 saturated carbocycles. The van der Waals surface area contributed by atoms with Gasteiger partial charge in [0.2, 0.25) is 0 Å². The van der Waals surface area contributed by atoms with Gasteiger partial charge in [-0.25, -0.2) is 9.37 Å². The number of aromatic nitrogens is 2. The van der Waals surface area contributed by atoms with Crippen LogP contribution < -0.4 is 5.32 Å². The summed E-state index contributed by atoms with van der Waals surface area (Å²) < 4.78 is 20.9. The molecule has 1 N–H and O–H groups in total. The zero-order valence-electron chi connectivity index (χ0n) is 15.2. The van der Waals surface area contributed by atoms with Crippen LogP contribution in [-0.4, -0.2) is 28.0 Å². The number of anilines is 1. The fraction of sp³-hybridized carbons (Fsp3) is 0.400. The number of thiazole rings is 1. The van der Waals surface area contributed by atoms with Crippen LogP contribution in [0.1, 0.15) is 32.6 Å². The summed E-state index contributed by atoms with van der Waals surface area (Å²) in [6, 6.07) is 6.11. The molecule has 3 aromatic rings. The van der Waals surface area contributed by atoms with Crippen molar-refractivity contribution in [2.75, 3.05) is 11.9 Å². The number of fused-ring (bicyclic) bond motifs is 1. The molecule has 1 aliphatic rings. The summed E-state index contributed by atoms with van der Waals surface area (Å²) >= 11 is 1.48. The molecular formula is C20H22FN3O2S. The number of carbonyl (C=O) groups excluding carboxylic acids is 1. The minimum Gasteiger partial charge on any atom is -0.368 e. The van der Waals surface area contributed by atoms with Gasteiger partial charge in [-0.15, -0.1) is 11.3 Å². The van der Waals surface area contributed by atoms with Crippen LogP contribution >= 0.6 is 11.3 Å². The Bertz CT molecular complexity index is 935. The molecule has 4 rings (SSSR count). The van der Waals surface area contributed by atoms with Crippen molar-refractivity contribution in [2.24, 2.45) is 5.92 Å². The van der Waals surface area contributed by atoms with Gasteiger partial charge in [0.05, 0.1) is 6.10 Å². The SMILES string of the molecule is CC1CCCC(OCC(=O)Nc2c(-c3ccc(F)cc3)nc3sccn23)C1. The van der Waals surface area contributed by atoms with Crippen LogP contribution in [0.5, 0.6) is 0 Å². The molecule has 2 aromatic heterocycles. The van der Waals surface area contributed by atoms with Crippen molar-refractivity contribution < 1.29 is 13.9 Å². The second kappa shape index (κ2) is 7.78. The highest BCUT2D eigenvalue weighted by Gasteiger charge is 2.21. The standard InChI is InChI=1S/C20H22FN3O2S/c1-13-3-2-4-16(11-13)26-12-17(25)22-19-18(14-5-7-15(21)8-6-14)23-20-24(19)9-10-27-20/h5-10,13,16H,2-4,11-12H2,1H3,(H,22,25). The second-order valence-corrected chi connectivity index (χ2v) is 8.00. The summed E-state index contributed by atoms with van der Waals surface area (Å²) in [4.78, 5) is 17.9. The van der Waals surface area contributed by atoms with Crippen molar-refractivity contribution in [1.29, 1.82) is 0 Å². The number of carbonyl (C=O) groups is 1. The van der Waals surface area contributed by atoms with Crippen LogP contribution in [0, 0.1) is 11.7 Å². The summed E-state index contributed by atoms with van der Waals surface area (Å²) in [5.74, 6) is 0.727. The Kier molecular flexibility index (Phi) is 5.22. The molecule has 1 aromatic carbocycles. The Balaban J connectivity index is 1.50. The zero-order valence-corrected chi connectivity index (χ0v) is 16.0. The van der Waals surface area contributed by atoms with Crippen molar-refractivity contribution in [3.05, 3.63) is 41.7 Å². The Morgan fingerprint density at radius 2 is 2.19 bits per heavy atom. The number of rotatable bonds is 5. The predicted octanol–water partition coefficient (Wildman–Crippen LogP) is 4.74. The van der Waals surface area contributed by atoms with Gasteiger partial charge in [0, 0.05) is 17.1 Å². The Labute approximate surface area is 161 Å². The fourth-order valence-electron chi connectivity index (χ4n) is 3.61. The van der Waals surface area contributed by atoms with Gasteiger partial charge in [-0.1, -0.05) is 19.8 Å². The van der Waals surface area contributed by atoms with E-state index in [1.807, 2.05) is 16.0 Å². The van der Waals surface area contributed by atoms with E-state index in [1.54, 1.807) is 12.1 Å². The van der Waals surface area contributed by atoms with E-state index >= 15 is 0 Å². The summed E-state index contributed by atoms with van der Waals surface area (Å²) in [7, 11) is 0. The lowest BCUT2D eigenvalue weighted by atomic mass is 9.89. The first kappa shape index (κ1) is 18.1. The molecule has 0 spiro atoms. The Hall–Kier alpha value is -2.25. The molecule has 0 radical (unpaired) electrons. The van der Waals surface area contributed by atoms with E-state index in [4.69, 9.17) is 4.74 Å². The van der Waals surface area contributed by atoms with E-state index < -0.39 is 0 Å². The molecule has 5 nitrogen and oxygen atoms in total. The molecule has 0 aliphatic heterocycles. The van der Waals surface area contributed by atoms with Crippen molar-refractivity contribution in [2.45, 2.75) is 38.7 Å². The highest BCUT2D eigenvalue weighted by molar-refractivity contribution is 7.15. The zero-order chi connectivity index (χ0) is 18.8. The maximum absolute atomic E-state index is 13.3. The summed E-state index contributed by atoms with van der Waals surface area (Å²) in [5.41, 5.74) is 1.38. The fourth-order valence-corrected chi connectivity index (χ4v) is 4.32. The first-order chi connectivity index (χ1) is 13.1. The van der Waals surface area contributed by atoms with E-state index in [0.717, 1.165) is 29.8 Å². The molecular weight excluding hydrogens is 365 g/mol. The number of ether oxygens (including phenoxy) is 1. The quantitative estimate of drug-likeness (QED) is 0.688. The maximum atomic E-state index is 13.3. The minimum absolute atomic E-state index is 0.0254. The van der Waals surface area contributed by atoms with Crippen LogP contribution in [-0.2, 0) is 9.53 Å². The predicted molar refractivity (Wildman–Crippen MR) is 104 cm³/mol. The van der Waals surface area contributed by atoms with Gasteiger partial charge in [0.25, 0.3) is 5.91 Å². The van der Waals surface area contributed by atoms with Crippen LogP contribution in [0.25, 0.3) is 16.2 Å². The van der Waals surface area contributed by atoms with Crippen molar-refractivity contribution in [3.63, 3.8) is 0 Å². The third kappa shape index (κ3) is 4.04. The number of hydrogen-bond acceptors (Lipinski definition) is 4. The molecule has 0 saturated heterocycles. The molecule has 27 heavy (non-hydrogen) atoms. The van der Waals surface area contributed by atoms with Gasteiger partial charge in [0.15, 0.2) is 4.96 Å². The molecule has 0 bridgehead atoms. The molecule has 1 fully saturated rings. The van der Waals surface area contributed by atoms with Gasteiger partial charge in [0.1, 0.15) is 23.9 Å². The van der Waals surface area contributed by atoms with Gasteiger partial charge >= 0.3 is 0 Å². The number of amides is 1. The average Bonchev–Trinajstić information content (AvgIpc) is 3.24. The van der Waals surface area contributed by atoms with Crippen molar-refractivity contribution in [1.82, 2.24) is 9.38 Å². The first-order valence-corrected chi connectivity index (χ1v) is 10.1. The van der Waals surface area contributed by atoms with Crippen LogP contribution in [0.15, 0.2) is 35.8 Å². The Morgan fingerprint density at radius 3 is 2.96 bits per heavy atom. The molecule has 2 heterocycles. The highest BCUT2D eigenvalue weighted by atomic mass is 32.1. The van der Waals surface area contributed by atoms with E-state index in [1.165, 1.54) is 29.9 Å². The van der Waals surface area contributed by atoms with E-state index in [-0.39, 0.29) is 24.4 Å². The average molecular weight is 387 g/mol. The molecule has 142 valence electrons. The van der Waals surface area contributed by atoms with E-state index in [2.05, 4.69) is 17.2 Å². The molecule has 1 aliphatic carbocycles. The smallest absolute Gasteiger partial charge is 0.251 e. The summed E-state index contributed by atoms with van der Waals surface area (Å²) in [6.07, 6.45) is 6.43. The number of nitrogens with one attached hydrogen (secondary N) is 1. The third-order valence-corrected chi connectivity index (χ3v) is 5.73. The summed E-state index contributed by atoms with van der Waals surface area (Å²) in [5, 5.41) is 4.84. The number of nitrogens with zero attached hydrogens (tertiary/aromatic N) is 2. The number of benzene rings is 1. The third-order valence-electron chi connectivity index (χ3n) is 4.98. The van der Waals surface area contributed by atoms with Crippen LogP contribution in [0.3, 0.4) is 0 Å². The number of hydrogen-bond donors (Lipinski definition) is 1. The molecule has 1 amide bonds. The molecule has 2 atom stereocenters. The van der Waals surface area contributed by atoms with Gasteiger partial charge in [-0.3, -0.25) is 9.20 Å². The second-order valence-electron chi connectivity index (χ2n) is 7.12. The Morgan fingerprint density at radius 1 is 1.37 bits per heavy atom. The topological polar surface area (TPSA) is 55.6 Å². The van der Waals surface area contributed by atoms with E-state index in [9.17, 15) is 9.18 Å². The minimum atomic E-state index is -0.305. The number of imidazole rings is 1. The lowest BCUT2D eigenvalue weighted by Gasteiger charge is -2.26. The highest BCUT2D eigenvalue weighted by Crippen LogP contribution is 2.31. The van der Waals surface area contributed by atoms with E-state index in [0.29, 0.717) is 17.4 Å².